The zero-order valence-electron chi connectivity index (χ0n) is 14.5. The summed E-state index contributed by atoms with van der Waals surface area (Å²) in [7, 11) is -3.71. The third-order valence-electron chi connectivity index (χ3n) is 4.51. The molecule has 138 valence electrons. The van der Waals surface area contributed by atoms with E-state index in [1.54, 1.807) is 18.3 Å². The number of nitrogens with zero attached hydrogens (tertiary/aromatic N) is 3. The lowest BCUT2D eigenvalue weighted by Crippen LogP contribution is -2.31. The van der Waals surface area contributed by atoms with E-state index in [2.05, 4.69) is 20.2 Å². The molecule has 1 aliphatic heterocycles. The molecule has 8 heteroatoms. The van der Waals surface area contributed by atoms with Crippen LogP contribution in [0.2, 0.25) is 0 Å². The van der Waals surface area contributed by atoms with Gasteiger partial charge in [-0.25, -0.2) is 18.5 Å². The van der Waals surface area contributed by atoms with Crippen molar-refractivity contribution in [2.24, 2.45) is 5.14 Å². The van der Waals surface area contributed by atoms with E-state index >= 15 is 0 Å². The van der Waals surface area contributed by atoms with Crippen LogP contribution in [0.4, 0.5) is 17.5 Å². The summed E-state index contributed by atoms with van der Waals surface area (Å²) in [4.78, 5) is 11.1. The Morgan fingerprint density at radius 2 is 1.85 bits per heavy atom. The summed E-state index contributed by atoms with van der Waals surface area (Å²) < 4.78 is 23.2. The van der Waals surface area contributed by atoms with Gasteiger partial charge in [-0.2, -0.15) is 4.98 Å². The molecule has 0 amide bonds. The van der Waals surface area contributed by atoms with Gasteiger partial charge in [-0.1, -0.05) is 24.3 Å². The van der Waals surface area contributed by atoms with Crippen molar-refractivity contribution >= 4 is 27.5 Å². The first-order valence-corrected chi connectivity index (χ1v) is 10.1. The summed E-state index contributed by atoms with van der Waals surface area (Å²) in [6.07, 6.45) is 2.52. The van der Waals surface area contributed by atoms with E-state index in [-0.39, 0.29) is 4.90 Å². The molecule has 3 N–H and O–H groups in total. The highest BCUT2D eigenvalue weighted by Gasteiger charge is 2.20. The largest absolute Gasteiger partial charge is 0.352 e. The molecule has 0 radical (unpaired) electrons. The topological polar surface area (TPSA) is 101 Å². The van der Waals surface area contributed by atoms with Crippen LogP contribution in [-0.4, -0.2) is 24.9 Å². The lowest BCUT2D eigenvalue weighted by molar-refractivity contribution is 0.597. The van der Waals surface area contributed by atoms with Gasteiger partial charge in [0.1, 0.15) is 5.82 Å². The molecular formula is C19H19N5O2S. The Bertz CT molecular complexity index is 1070. The van der Waals surface area contributed by atoms with E-state index in [9.17, 15) is 8.42 Å². The van der Waals surface area contributed by atoms with Gasteiger partial charge in [0.15, 0.2) is 0 Å². The normalized spacial score (nSPS) is 13.9. The molecule has 0 aliphatic carbocycles. The minimum atomic E-state index is -3.71. The van der Waals surface area contributed by atoms with Gasteiger partial charge in [-0.3, -0.25) is 0 Å². The Labute approximate surface area is 157 Å². The van der Waals surface area contributed by atoms with Crippen LogP contribution in [0.1, 0.15) is 11.1 Å². The number of fused-ring (bicyclic) bond motifs is 1. The Morgan fingerprint density at radius 1 is 1.04 bits per heavy atom. The van der Waals surface area contributed by atoms with Crippen LogP contribution >= 0.6 is 0 Å². The first kappa shape index (κ1) is 17.4. The average Bonchev–Trinajstić information content (AvgIpc) is 2.67. The number of hydrogen-bond acceptors (Lipinski definition) is 6. The minimum absolute atomic E-state index is 0.136. The average molecular weight is 381 g/mol. The number of aromatic nitrogens is 2. The first-order chi connectivity index (χ1) is 13.0. The maximum Gasteiger partial charge on any atom is 0.238 e. The molecule has 0 atom stereocenters. The van der Waals surface area contributed by atoms with E-state index < -0.39 is 10.0 Å². The number of hydrogen-bond donors (Lipinski definition) is 2. The number of benzene rings is 2. The number of nitrogens with one attached hydrogen (secondary N) is 1. The number of sulfonamides is 1. The van der Waals surface area contributed by atoms with Gasteiger partial charge >= 0.3 is 0 Å². The summed E-state index contributed by atoms with van der Waals surface area (Å²) in [5.74, 6) is 1.30. The van der Waals surface area contributed by atoms with Crippen molar-refractivity contribution in [3.63, 3.8) is 0 Å². The summed E-state index contributed by atoms with van der Waals surface area (Å²) in [5, 5.41) is 8.45. The maximum absolute atomic E-state index is 11.6. The number of para-hydroxylation sites is 1. The van der Waals surface area contributed by atoms with Crippen molar-refractivity contribution in [1.29, 1.82) is 0 Å². The Morgan fingerprint density at radius 3 is 2.63 bits per heavy atom. The smallest absolute Gasteiger partial charge is 0.238 e. The second-order valence-corrected chi connectivity index (χ2v) is 7.94. The Hall–Kier alpha value is -2.97. The second-order valence-electron chi connectivity index (χ2n) is 6.38. The molecule has 0 bridgehead atoms. The van der Waals surface area contributed by atoms with Gasteiger partial charge in [0.2, 0.25) is 16.0 Å². The highest BCUT2D eigenvalue weighted by Crippen LogP contribution is 2.26. The fourth-order valence-electron chi connectivity index (χ4n) is 3.14. The summed E-state index contributed by atoms with van der Waals surface area (Å²) >= 11 is 0. The molecule has 0 unspecified atom stereocenters. The highest BCUT2D eigenvalue weighted by atomic mass is 32.2. The zero-order chi connectivity index (χ0) is 18.9. The monoisotopic (exact) mass is 381 g/mol. The molecule has 0 saturated carbocycles. The number of anilines is 3. The molecule has 1 aromatic heterocycles. The van der Waals surface area contributed by atoms with Crippen molar-refractivity contribution < 1.29 is 8.42 Å². The molecule has 2 heterocycles. The van der Waals surface area contributed by atoms with Crippen molar-refractivity contribution in [2.75, 3.05) is 16.8 Å². The van der Waals surface area contributed by atoms with Crippen LogP contribution in [0.3, 0.4) is 0 Å². The Balaban J connectivity index is 1.58. The zero-order valence-corrected chi connectivity index (χ0v) is 15.4. The number of primary sulfonamides is 1. The van der Waals surface area contributed by atoms with E-state index in [0.717, 1.165) is 35.6 Å². The van der Waals surface area contributed by atoms with Crippen LogP contribution in [0.5, 0.6) is 0 Å². The predicted molar refractivity (Wildman–Crippen MR) is 104 cm³/mol. The van der Waals surface area contributed by atoms with Gasteiger partial charge in [0.25, 0.3) is 0 Å². The number of nitrogens with two attached hydrogens (primary N) is 1. The molecule has 4 rings (SSSR count). The highest BCUT2D eigenvalue weighted by molar-refractivity contribution is 7.89. The second kappa shape index (κ2) is 6.98. The third-order valence-corrected chi connectivity index (χ3v) is 5.42. The van der Waals surface area contributed by atoms with Crippen LogP contribution in [-0.2, 0) is 23.0 Å². The van der Waals surface area contributed by atoms with E-state index in [0.29, 0.717) is 12.5 Å². The van der Waals surface area contributed by atoms with Gasteiger partial charge in [0.05, 0.1) is 4.90 Å². The van der Waals surface area contributed by atoms with Gasteiger partial charge < -0.3 is 10.2 Å². The Kier molecular flexibility index (Phi) is 4.51. The van der Waals surface area contributed by atoms with Crippen LogP contribution in [0.15, 0.2) is 65.7 Å². The van der Waals surface area contributed by atoms with E-state index in [1.165, 1.54) is 0 Å². The maximum atomic E-state index is 11.6. The first-order valence-electron chi connectivity index (χ1n) is 8.54. The van der Waals surface area contributed by atoms with Gasteiger partial charge in [-0.05, 0) is 47.9 Å². The molecule has 2 aromatic carbocycles. The number of rotatable bonds is 4. The van der Waals surface area contributed by atoms with Crippen molar-refractivity contribution in [3.05, 3.63) is 71.9 Å². The quantitative estimate of drug-likeness (QED) is 0.720. The molecule has 7 nitrogen and oxygen atoms in total. The molecule has 1 aliphatic rings. The summed E-state index contributed by atoms with van der Waals surface area (Å²) in [5.41, 5.74) is 3.00. The lowest BCUT2D eigenvalue weighted by atomic mass is 10.00. The predicted octanol–water partition coefficient (Wildman–Crippen LogP) is 2.43. The van der Waals surface area contributed by atoms with Crippen LogP contribution in [0.25, 0.3) is 0 Å². The minimum Gasteiger partial charge on any atom is -0.352 e. The van der Waals surface area contributed by atoms with Gasteiger partial charge in [-0.15, -0.1) is 0 Å². The standard InChI is InChI=1S/C19H19N5O2S/c20-27(25,26)17-7-6-14-9-11-24(13-15(14)12-17)18-8-10-21-19(23-18)22-16-4-2-1-3-5-16/h1-8,10,12H,9,11,13H2,(H2,20,25,26)(H,21,22,23). The molecule has 3 aromatic rings. The fourth-order valence-corrected chi connectivity index (χ4v) is 3.71. The van der Waals surface area contributed by atoms with E-state index in [1.807, 2.05) is 42.5 Å². The van der Waals surface area contributed by atoms with Crippen molar-refractivity contribution in [3.8, 4) is 0 Å². The molecule has 0 spiro atoms. The van der Waals surface area contributed by atoms with Crippen LogP contribution < -0.4 is 15.4 Å². The summed E-state index contributed by atoms with van der Waals surface area (Å²) in [6.45, 7) is 1.37. The molecule has 27 heavy (non-hydrogen) atoms. The molecular weight excluding hydrogens is 362 g/mol. The molecule has 0 fully saturated rings. The van der Waals surface area contributed by atoms with Crippen molar-refractivity contribution in [1.82, 2.24) is 9.97 Å². The fraction of sp³-hybridized carbons (Fsp3) is 0.158. The van der Waals surface area contributed by atoms with Gasteiger partial charge in [0, 0.05) is 25.0 Å². The van der Waals surface area contributed by atoms with Crippen molar-refractivity contribution in [2.45, 2.75) is 17.9 Å². The molecule has 0 saturated heterocycles. The lowest BCUT2D eigenvalue weighted by Gasteiger charge is -2.30. The van der Waals surface area contributed by atoms with Crippen LogP contribution in [0, 0.1) is 0 Å². The summed E-state index contributed by atoms with van der Waals surface area (Å²) in [6, 6.07) is 16.6. The SMILES string of the molecule is NS(=O)(=O)c1ccc2c(c1)CN(c1ccnc(Nc3ccccc3)n1)CC2. The third kappa shape index (κ3) is 3.91. The van der Waals surface area contributed by atoms with E-state index in [4.69, 9.17) is 5.14 Å².